The largest absolute Gasteiger partial charge is 0.478 e. The fourth-order valence-electron chi connectivity index (χ4n) is 3.66. The lowest BCUT2D eigenvalue weighted by Crippen LogP contribution is -2.11. The van der Waals surface area contributed by atoms with E-state index >= 15 is 0 Å². The quantitative estimate of drug-likeness (QED) is 0.813. The van der Waals surface area contributed by atoms with Gasteiger partial charge in [0, 0.05) is 5.57 Å². The Hall–Kier alpha value is -2.88. The Labute approximate surface area is 152 Å². The van der Waals surface area contributed by atoms with E-state index in [2.05, 4.69) is 19.9 Å². The summed E-state index contributed by atoms with van der Waals surface area (Å²) in [6.45, 7) is 4.26. The molecule has 0 radical (unpaired) electrons. The van der Waals surface area contributed by atoms with Gasteiger partial charge in [0.05, 0.1) is 5.56 Å². The number of rotatable bonds is 4. The summed E-state index contributed by atoms with van der Waals surface area (Å²) in [6, 6.07) is 7.01. The summed E-state index contributed by atoms with van der Waals surface area (Å²) in [5.74, 6) is -1.44. The second kappa shape index (κ2) is 7.16. The Morgan fingerprint density at radius 2 is 1.69 bits per heavy atom. The van der Waals surface area contributed by atoms with E-state index in [1.807, 2.05) is 18.2 Å². The van der Waals surface area contributed by atoms with Crippen molar-refractivity contribution in [3.63, 3.8) is 0 Å². The van der Waals surface area contributed by atoms with E-state index in [4.69, 9.17) is 10.2 Å². The minimum atomic E-state index is -0.918. The summed E-state index contributed by atoms with van der Waals surface area (Å²) >= 11 is 0. The molecule has 1 aromatic carbocycles. The van der Waals surface area contributed by atoms with Crippen LogP contribution in [0.3, 0.4) is 0 Å². The van der Waals surface area contributed by atoms with E-state index in [0.717, 1.165) is 18.4 Å². The van der Waals surface area contributed by atoms with Gasteiger partial charge in [-0.05, 0) is 72.1 Å². The van der Waals surface area contributed by atoms with Crippen molar-refractivity contribution in [2.24, 2.45) is 5.92 Å². The van der Waals surface area contributed by atoms with E-state index in [1.54, 1.807) is 18.2 Å². The first-order chi connectivity index (χ1) is 12.4. The molecule has 26 heavy (non-hydrogen) atoms. The monoisotopic (exact) mass is 350 g/mol. The van der Waals surface area contributed by atoms with Crippen LogP contribution in [0.25, 0.3) is 5.57 Å². The smallest absolute Gasteiger partial charge is 0.335 e. The van der Waals surface area contributed by atoms with Crippen molar-refractivity contribution in [2.45, 2.75) is 33.1 Å². The van der Waals surface area contributed by atoms with Gasteiger partial charge >= 0.3 is 11.9 Å². The third-order valence-electron chi connectivity index (χ3n) is 5.17. The maximum atomic E-state index is 11.1. The molecule has 0 saturated heterocycles. The van der Waals surface area contributed by atoms with Gasteiger partial charge < -0.3 is 10.2 Å². The van der Waals surface area contributed by atoms with Gasteiger partial charge in [0.1, 0.15) is 0 Å². The van der Waals surface area contributed by atoms with Crippen molar-refractivity contribution in [1.82, 2.24) is 0 Å². The molecule has 0 fully saturated rings. The minimum absolute atomic E-state index is 0.291. The first-order valence-electron chi connectivity index (χ1n) is 8.75. The van der Waals surface area contributed by atoms with Crippen LogP contribution in [0.15, 0.2) is 64.8 Å². The maximum absolute atomic E-state index is 11.1. The molecule has 1 aromatic rings. The van der Waals surface area contributed by atoms with Gasteiger partial charge in [-0.25, -0.2) is 9.59 Å². The molecule has 0 saturated carbocycles. The fraction of sp³-hybridized carbons (Fsp3) is 0.273. The summed E-state index contributed by atoms with van der Waals surface area (Å²) in [5, 5.41) is 18.1. The lowest BCUT2D eigenvalue weighted by atomic mass is 9.77. The van der Waals surface area contributed by atoms with E-state index in [0.29, 0.717) is 23.5 Å². The highest BCUT2D eigenvalue weighted by molar-refractivity contribution is 5.88. The summed E-state index contributed by atoms with van der Waals surface area (Å²) in [7, 11) is 0. The lowest BCUT2D eigenvalue weighted by molar-refractivity contribution is -0.132. The second-order valence-electron chi connectivity index (χ2n) is 6.94. The fourth-order valence-corrected chi connectivity index (χ4v) is 3.66. The first-order valence-corrected chi connectivity index (χ1v) is 8.75. The third-order valence-corrected chi connectivity index (χ3v) is 5.17. The third kappa shape index (κ3) is 3.54. The molecule has 2 N–H and O–H groups in total. The van der Waals surface area contributed by atoms with Crippen LogP contribution >= 0.6 is 0 Å². The minimum Gasteiger partial charge on any atom is -0.478 e. The molecular weight excluding hydrogens is 328 g/mol. The molecule has 1 atom stereocenters. The van der Waals surface area contributed by atoms with Gasteiger partial charge in [-0.15, -0.1) is 0 Å². The molecule has 0 heterocycles. The number of aromatic carboxylic acids is 1. The summed E-state index contributed by atoms with van der Waals surface area (Å²) < 4.78 is 0. The van der Waals surface area contributed by atoms with Gasteiger partial charge in [-0.2, -0.15) is 0 Å². The van der Waals surface area contributed by atoms with Crippen LogP contribution in [0.1, 0.15) is 49.0 Å². The molecule has 2 aliphatic carbocycles. The zero-order chi connectivity index (χ0) is 18.8. The van der Waals surface area contributed by atoms with Crippen molar-refractivity contribution in [1.29, 1.82) is 0 Å². The topological polar surface area (TPSA) is 74.6 Å². The van der Waals surface area contributed by atoms with Gasteiger partial charge in [-0.1, -0.05) is 37.3 Å². The Balaban J connectivity index is 1.91. The zero-order valence-electron chi connectivity index (χ0n) is 15.0. The van der Waals surface area contributed by atoms with Gasteiger partial charge in [-0.3, -0.25) is 0 Å². The van der Waals surface area contributed by atoms with Crippen LogP contribution in [-0.2, 0) is 4.79 Å². The summed E-state index contributed by atoms with van der Waals surface area (Å²) in [4.78, 5) is 22.1. The molecule has 3 rings (SSSR count). The molecule has 0 aromatic heterocycles. The number of carboxylic acid groups (broad SMARTS) is 2. The highest BCUT2D eigenvalue weighted by atomic mass is 16.4. The Morgan fingerprint density at radius 1 is 1.00 bits per heavy atom. The molecule has 0 amide bonds. The van der Waals surface area contributed by atoms with Crippen molar-refractivity contribution >= 4 is 17.5 Å². The number of benzene rings is 1. The molecule has 0 bridgehead atoms. The Kier molecular flexibility index (Phi) is 4.94. The predicted molar refractivity (Wildman–Crippen MR) is 101 cm³/mol. The summed E-state index contributed by atoms with van der Waals surface area (Å²) in [5.41, 5.74) is 6.72. The molecular formula is C22H22O4. The van der Waals surface area contributed by atoms with Crippen molar-refractivity contribution < 1.29 is 19.8 Å². The summed E-state index contributed by atoms with van der Waals surface area (Å²) in [6.07, 6.45) is 8.07. The van der Waals surface area contributed by atoms with Gasteiger partial charge in [0.2, 0.25) is 0 Å². The molecule has 0 spiro atoms. The van der Waals surface area contributed by atoms with Crippen LogP contribution in [0.4, 0.5) is 0 Å². The number of hydrogen-bond acceptors (Lipinski definition) is 2. The van der Waals surface area contributed by atoms with E-state index < -0.39 is 11.9 Å². The molecule has 134 valence electrons. The van der Waals surface area contributed by atoms with Crippen molar-refractivity contribution in [2.75, 3.05) is 0 Å². The molecule has 0 aliphatic heterocycles. The van der Waals surface area contributed by atoms with Crippen molar-refractivity contribution in [3.8, 4) is 0 Å². The van der Waals surface area contributed by atoms with E-state index in [-0.39, 0.29) is 0 Å². The van der Waals surface area contributed by atoms with Crippen LogP contribution < -0.4 is 0 Å². The zero-order valence-corrected chi connectivity index (χ0v) is 15.0. The van der Waals surface area contributed by atoms with Gasteiger partial charge in [0.15, 0.2) is 0 Å². The van der Waals surface area contributed by atoms with Crippen LogP contribution in [-0.4, -0.2) is 22.2 Å². The Morgan fingerprint density at radius 3 is 2.23 bits per heavy atom. The highest BCUT2D eigenvalue weighted by Gasteiger charge is 2.23. The van der Waals surface area contributed by atoms with E-state index in [9.17, 15) is 9.59 Å². The molecule has 1 unspecified atom stereocenters. The molecule has 2 aliphatic rings. The predicted octanol–water partition coefficient (Wildman–Crippen LogP) is 4.86. The first kappa shape index (κ1) is 17.9. The molecule has 4 heteroatoms. The highest BCUT2D eigenvalue weighted by Crippen LogP contribution is 2.40. The lowest BCUT2D eigenvalue weighted by Gasteiger charge is -2.27. The number of allylic oxidation sites excluding steroid dienone is 7. The van der Waals surface area contributed by atoms with Crippen LogP contribution in [0.2, 0.25) is 0 Å². The number of carboxylic acids is 2. The number of aliphatic carboxylic acids is 1. The average Bonchev–Trinajstić information content (AvgIpc) is 2.63. The number of carbonyl (C=O) groups is 2. The maximum Gasteiger partial charge on any atom is 0.335 e. The second-order valence-corrected chi connectivity index (χ2v) is 6.94. The Bertz CT molecular complexity index is 879. The van der Waals surface area contributed by atoms with Crippen LogP contribution in [0.5, 0.6) is 0 Å². The van der Waals surface area contributed by atoms with Crippen LogP contribution in [0, 0.1) is 5.92 Å². The van der Waals surface area contributed by atoms with Crippen molar-refractivity contribution in [3.05, 3.63) is 75.9 Å². The normalized spacial score (nSPS) is 20.2. The standard InChI is InChI=1S/C22H22O4/c1-13-11-20(16-5-9-18(10-6-16)22(25)26)14(2)12-19(13)15-3-7-17(8-4-15)21(23)24/h3-5,7-9,12-13H,6,10-11H2,1-2H3,(H,23,24)(H,25,26). The van der Waals surface area contributed by atoms with E-state index in [1.165, 1.54) is 22.3 Å². The average molecular weight is 350 g/mol. The SMILES string of the molecule is CC1=C(C2=CC=C(C(=O)O)CC2)CC(C)C(c2ccc(C(=O)O)cc2)=C1. The number of hydrogen-bond donors (Lipinski definition) is 2. The molecule has 4 nitrogen and oxygen atoms in total. The van der Waals surface area contributed by atoms with Gasteiger partial charge in [0.25, 0.3) is 0 Å².